The summed E-state index contributed by atoms with van der Waals surface area (Å²) in [6.45, 7) is 1.17. The van der Waals surface area contributed by atoms with E-state index in [4.69, 9.17) is 27.9 Å². The van der Waals surface area contributed by atoms with Crippen LogP contribution in [0.1, 0.15) is 11.6 Å². The quantitative estimate of drug-likeness (QED) is 0.664. The van der Waals surface area contributed by atoms with Crippen LogP contribution in [0.4, 0.5) is 0 Å². The minimum absolute atomic E-state index is 0.0840. The Balaban J connectivity index is 1.81. The first-order valence-corrected chi connectivity index (χ1v) is 10.9. The molecule has 0 spiro atoms. The topological polar surface area (TPSA) is 66.9 Å². The van der Waals surface area contributed by atoms with E-state index in [0.29, 0.717) is 23.7 Å². The molecule has 1 aliphatic rings. The van der Waals surface area contributed by atoms with E-state index in [0.717, 1.165) is 0 Å². The van der Waals surface area contributed by atoms with Crippen molar-refractivity contribution in [2.45, 2.75) is 10.9 Å². The smallest absolute Gasteiger partial charge is 0.327 e. The number of carbonyl (C=O) groups excluding carboxylic acids is 1. The van der Waals surface area contributed by atoms with Crippen molar-refractivity contribution < 1.29 is 17.9 Å². The van der Waals surface area contributed by atoms with E-state index in [-0.39, 0.29) is 23.0 Å². The van der Waals surface area contributed by atoms with Crippen molar-refractivity contribution in [1.82, 2.24) is 9.21 Å². The molecule has 1 atom stereocenters. The fraction of sp³-hybridized carbons (Fsp3) is 0.316. The highest BCUT2D eigenvalue weighted by Crippen LogP contribution is 2.31. The van der Waals surface area contributed by atoms with E-state index in [9.17, 15) is 13.2 Å². The number of rotatable bonds is 5. The lowest BCUT2D eigenvalue weighted by atomic mass is 10.0. The molecular weight excluding hydrogens is 423 g/mol. The van der Waals surface area contributed by atoms with E-state index in [1.807, 2.05) is 4.90 Å². The molecule has 0 bridgehead atoms. The maximum Gasteiger partial charge on any atom is 0.327 e. The van der Waals surface area contributed by atoms with Crippen LogP contribution < -0.4 is 0 Å². The Bertz CT molecular complexity index is 960. The minimum atomic E-state index is -3.71. The fourth-order valence-corrected chi connectivity index (χ4v) is 5.43. The second-order valence-corrected chi connectivity index (χ2v) is 9.04. The van der Waals surface area contributed by atoms with E-state index in [1.165, 1.54) is 17.5 Å². The van der Waals surface area contributed by atoms with Crippen molar-refractivity contribution in [3.05, 3.63) is 64.1 Å². The predicted octanol–water partition coefficient (Wildman–Crippen LogP) is 3.21. The summed E-state index contributed by atoms with van der Waals surface area (Å²) in [5.74, 6) is -0.435. The van der Waals surface area contributed by atoms with Crippen LogP contribution in [0.2, 0.25) is 10.0 Å². The lowest BCUT2D eigenvalue weighted by molar-refractivity contribution is -0.147. The van der Waals surface area contributed by atoms with Gasteiger partial charge in [0.2, 0.25) is 10.0 Å². The van der Waals surface area contributed by atoms with Gasteiger partial charge in [0.15, 0.2) is 0 Å². The van der Waals surface area contributed by atoms with Crippen LogP contribution in [0.15, 0.2) is 53.4 Å². The molecule has 1 saturated heterocycles. The summed E-state index contributed by atoms with van der Waals surface area (Å²) in [6, 6.07) is 12.7. The molecule has 3 rings (SSSR count). The van der Waals surface area contributed by atoms with Gasteiger partial charge in [-0.2, -0.15) is 4.31 Å². The van der Waals surface area contributed by atoms with E-state index < -0.39 is 22.0 Å². The third kappa shape index (κ3) is 4.18. The maximum absolute atomic E-state index is 12.9. The standard InChI is InChI=1S/C19H20Cl2N2O4S/c1-27-19(24)18(14-6-2-3-7-15(14)20)22-10-12-23(13-11-22)28(25,26)17-9-5-4-8-16(17)21/h2-9,18H,10-13H2,1H3. The number of carbonyl (C=O) groups is 1. The molecule has 0 aromatic heterocycles. The Morgan fingerprint density at radius 2 is 1.54 bits per heavy atom. The molecule has 1 heterocycles. The molecule has 1 fully saturated rings. The number of hydrogen-bond acceptors (Lipinski definition) is 5. The molecule has 1 aliphatic heterocycles. The van der Waals surface area contributed by atoms with Gasteiger partial charge in [-0.3, -0.25) is 4.90 Å². The number of nitrogens with zero attached hydrogens (tertiary/aromatic N) is 2. The number of esters is 1. The molecule has 2 aromatic rings. The Morgan fingerprint density at radius 3 is 2.11 bits per heavy atom. The van der Waals surface area contributed by atoms with Crippen LogP contribution in [0.5, 0.6) is 0 Å². The lowest BCUT2D eigenvalue weighted by Gasteiger charge is -2.37. The molecule has 1 unspecified atom stereocenters. The number of piperazine rings is 1. The van der Waals surface area contributed by atoms with Gasteiger partial charge in [-0.05, 0) is 23.8 Å². The number of methoxy groups -OCH3 is 1. The first-order chi connectivity index (χ1) is 13.4. The summed E-state index contributed by atoms with van der Waals surface area (Å²) in [7, 11) is -2.38. The highest BCUT2D eigenvalue weighted by Gasteiger charge is 2.36. The SMILES string of the molecule is COC(=O)C(c1ccccc1Cl)N1CCN(S(=O)(=O)c2ccccc2Cl)CC1. The molecular formula is C19H20Cl2N2O4S. The minimum Gasteiger partial charge on any atom is -0.468 e. The monoisotopic (exact) mass is 442 g/mol. The van der Waals surface area contributed by atoms with Gasteiger partial charge in [-0.15, -0.1) is 0 Å². The van der Waals surface area contributed by atoms with Gasteiger partial charge in [0.25, 0.3) is 0 Å². The number of benzene rings is 2. The van der Waals surface area contributed by atoms with Crippen LogP contribution in [-0.2, 0) is 19.6 Å². The lowest BCUT2D eigenvalue weighted by Crippen LogP contribution is -2.51. The number of hydrogen-bond donors (Lipinski definition) is 0. The molecule has 9 heteroatoms. The third-order valence-electron chi connectivity index (χ3n) is 4.72. The molecule has 0 aliphatic carbocycles. The molecule has 0 N–H and O–H groups in total. The fourth-order valence-electron chi connectivity index (χ4n) is 3.28. The summed E-state index contributed by atoms with van der Waals surface area (Å²) in [4.78, 5) is 14.4. The first-order valence-electron chi connectivity index (χ1n) is 8.67. The second kappa shape index (κ2) is 8.80. The van der Waals surface area contributed by atoms with Crippen molar-refractivity contribution in [3.63, 3.8) is 0 Å². The highest BCUT2D eigenvalue weighted by molar-refractivity contribution is 7.89. The Labute approximate surface area is 174 Å². The summed E-state index contributed by atoms with van der Waals surface area (Å²) < 4.78 is 32.2. The average molecular weight is 443 g/mol. The number of halogens is 2. The number of sulfonamides is 1. The Kier molecular flexibility index (Phi) is 6.62. The van der Waals surface area contributed by atoms with E-state index in [1.54, 1.807) is 42.5 Å². The van der Waals surface area contributed by atoms with Gasteiger partial charge in [-0.1, -0.05) is 53.5 Å². The molecule has 28 heavy (non-hydrogen) atoms. The van der Waals surface area contributed by atoms with Crippen molar-refractivity contribution in [2.24, 2.45) is 0 Å². The Morgan fingerprint density at radius 1 is 0.964 bits per heavy atom. The normalized spacial score (nSPS) is 17.2. The Hall–Kier alpha value is -1.64. The third-order valence-corrected chi connectivity index (χ3v) is 7.46. The second-order valence-electron chi connectivity index (χ2n) is 6.32. The van der Waals surface area contributed by atoms with E-state index >= 15 is 0 Å². The predicted molar refractivity (Wildman–Crippen MR) is 108 cm³/mol. The summed E-state index contributed by atoms with van der Waals surface area (Å²) in [5, 5.41) is 0.650. The van der Waals surface area contributed by atoms with Gasteiger partial charge in [0, 0.05) is 31.2 Å². The number of ether oxygens (including phenoxy) is 1. The van der Waals surface area contributed by atoms with Crippen LogP contribution in [-0.4, -0.2) is 56.9 Å². The van der Waals surface area contributed by atoms with Gasteiger partial charge in [-0.25, -0.2) is 13.2 Å². The van der Waals surface area contributed by atoms with Crippen LogP contribution in [0, 0.1) is 0 Å². The molecule has 0 saturated carbocycles. The molecule has 150 valence electrons. The van der Waals surface area contributed by atoms with Crippen molar-refractivity contribution in [3.8, 4) is 0 Å². The largest absolute Gasteiger partial charge is 0.468 e. The molecule has 0 radical (unpaired) electrons. The van der Waals surface area contributed by atoms with E-state index in [2.05, 4.69) is 0 Å². The summed E-state index contributed by atoms with van der Waals surface area (Å²) in [6.07, 6.45) is 0. The van der Waals surface area contributed by atoms with Crippen molar-refractivity contribution in [2.75, 3.05) is 33.3 Å². The van der Waals surface area contributed by atoms with Crippen LogP contribution in [0.3, 0.4) is 0 Å². The highest BCUT2D eigenvalue weighted by atomic mass is 35.5. The van der Waals surface area contributed by atoms with Gasteiger partial charge < -0.3 is 4.74 Å². The molecule has 2 aromatic carbocycles. The van der Waals surface area contributed by atoms with Crippen LogP contribution >= 0.6 is 23.2 Å². The maximum atomic E-state index is 12.9. The molecule has 0 amide bonds. The zero-order valence-corrected chi connectivity index (χ0v) is 17.5. The summed E-state index contributed by atoms with van der Waals surface area (Å²) in [5.41, 5.74) is 0.637. The van der Waals surface area contributed by atoms with Crippen LogP contribution in [0.25, 0.3) is 0 Å². The molecule has 6 nitrogen and oxygen atoms in total. The zero-order valence-electron chi connectivity index (χ0n) is 15.2. The van der Waals surface area contributed by atoms with Gasteiger partial charge >= 0.3 is 5.97 Å². The summed E-state index contributed by atoms with van der Waals surface area (Å²) >= 11 is 12.4. The van der Waals surface area contributed by atoms with Crippen molar-refractivity contribution >= 4 is 39.2 Å². The first kappa shape index (κ1) is 21.1. The van der Waals surface area contributed by atoms with Crippen molar-refractivity contribution in [1.29, 1.82) is 0 Å². The average Bonchev–Trinajstić information content (AvgIpc) is 2.70. The van der Waals surface area contributed by atoms with Gasteiger partial charge in [0.1, 0.15) is 10.9 Å². The zero-order chi connectivity index (χ0) is 20.3. The van der Waals surface area contributed by atoms with Gasteiger partial charge in [0.05, 0.1) is 12.1 Å².